The van der Waals surface area contributed by atoms with Crippen LogP contribution in [0.2, 0.25) is 0 Å². The molecule has 1 fully saturated rings. The number of hydrogen-bond acceptors (Lipinski definition) is 12. The topological polar surface area (TPSA) is 247 Å². The van der Waals surface area contributed by atoms with E-state index in [9.17, 15) is 28.5 Å². The van der Waals surface area contributed by atoms with Crippen LogP contribution in [0.15, 0.2) is 45.2 Å². The fourth-order valence-electron chi connectivity index (χ4n) is 4.30. The fraction of sp³-hybridized carbons (Fsp3) is 0.536. The summed E-state index contributed by atoms with van der Waals surface area (Å²) in [6.07, 6.45) is -0.460. The van der Waals surface area contributed by atoms with Crippen LogP contribution in [-0.4, -0.2) is 63.6 Å². The van der Waals surface area contributed by atoms with Gasteiger partial charge in [0, 0.05) is 47.6 Å². The van der Waals surface area contributed by atoms with E-state index in [0.29, 0.717) is 5.56 Å². The summed E-state index contributed by atoms with van der Waals surface area (Å²) in [4.78, 5) is 64.7. The Hall–Kier alpha value is -3.92. The minimum atomic E-state index is -4.42. The van der Waals surface area contributed by atoms with Crippen LogP contribution in [0.3, 0.4) is 0 Å². The summed E-state index contributed by atoms with van der Waals surface area (Å²) in [6.45, 7) is 7.43. The summed E-state index contributed by atoms with van der Waals surface area (Å²) in [7, 11) is -4.42. The molecule has 4 N–H and O–H groups in total. The maximum absolute atomic E-state index is 13.9. The largest absolute Gasteiger partial charge is 0.530 e. The summed E-state index contributed by atoms with van der Waals surface area (Å²) in [6, 6.07) is 4.25. The fourth-order valence-corrected chi connectivity index (χ4v) is 6.41. The number of aryl methyl sites for hydroxylation is 1. The Morgan fingerprint density at radius 3 is 2.53 bits per heavy atom. The first kappa shape index (κ1) is 37.5. The van der Waals surface area contributed by atoms with Crippen molar-refractivity contribution in [1.82, 2.24) is 14.9 Å². The highest BCUT2D eigenvalue weighted by Crippen LogP contribution is 2.50. The number of ether oxygens (including phenoxy) is 1. The predicted molar refractivity (Wildman–Crippen MR) is 172 cm³/mol. The molecule has 1 aromatic carbocycles. The lowest BCUT2D eigenvalue weighted by atomic mass is 10.00. The normalized spacial score (nSPS) is 19.6. The van der Waals surface area contributed by atoms with E-state index in [-0.39, 0.29) is 41.6 Å². The number of nitrogens with zero attached hydrogens (tertiary/aromatic N) is 4. The monoisotopic (exact) mass is 695 g/mol. The number of nitrogens with two attached hydrogens (primary N) is 1. The molecule has 0 radical (unpaired) electrons. The summed E-state index contributed by atoms with van der Waals surface area (Å²) in [5.41, 5.74) is 13.5. The van der Waals surface area contributed by atoms with Crippen molar-refractivity contribution in [3.8, 4) is 5.75 Å². The van der Waals surface area contributed by atoms with Gasteiger partial charge in [-0.1, -0.05) is 49.8 Å². The quantitative estimate of drug-likeness (QED) is 0.0803. The minimum absolute atomic E-state index is 0.0489. The van der Waals surface area contributed by atoms with Crippen LogP contribution in [0.4, 0.5) is 0 Å². The molecule has 1 aliphatic rings. The molecule has 19 heteroatoms. The molecule has 2 amide bonds. The summed E-state index contributed by atoms with van der Waals surface area (Å²) < 4.78 is 37.8. The van der Waals surface area contributed by atoms with Gasteiger partial charge < -0.3 is 20.3 Å². The number of primary amides is 1. The molecule has 5 atom stereocenters. The Bertz CT molecular complexity index is 1670. The number of benzene rings is 1. The first-order valence-electron chi connectivity index (χ1n) is 14.4. The molecular weight excluding hydrogens is 657 g/mol. The third kappa shape index (κ3) is 11.1. The molecule has 3 rings (SSSR count). The van der Waals surface area contributed by atoms with Crippen molar-refractivity contribution in [2.24, 2.45) is 16.3 Å². The van der Waals surface area contributed by atoms with Crippen molar-refractivity contribution in [3.63, 3.8) is 0 Å². The molecule has 1 unspecified atom stereocenters. The molecule has 0 saturated carbocycles. The maximum atomic E-state index is 13.9. The number of amides is 2. The summed E-state index contributed by atoms with van der Waals surface area (Å²) >= 11 is 0.995. The van der Waals surface area contributed by atoms with E-state index in [0.717, 1.165) is 16.3 Å². The molecule has 0 spiro atoms. The number of nitrogens with one attached hydrogen (secondary N) is 2. The molecule has 47 heavy (non-hydrogen) atoms. The smallest absolute Gasteiger partial charge is 0.404 e. The van der Waals surface area contributed by atoms with E-state index in [1.165, 1.54) is 32.2 Å². The lowest BCUT2D eigenvalue weighted by molar-refractivity contribution is -0.126. The van der Waals surface area contributed by atoms with E-state index in [1.807, 2.05) is 0 Å². The van der Waals surface area contributed by atoms with Gasteiger partial charge >= 0.3 is 13.5 Å². The number of carbonyl (C=O) groups excluding carboxylic acids is 3. The van der Waals surface area contributed by atoms with Crippen molar-refractivity contribution in [2.75, 3.05) is 19.0 Å². The van der Waals surface area contributed by atoms with Gasteiger partial charge in [0.2, 0.25) is 11.8 Å². The van der Waals surface area contributed by atoms with Gasteiger partial charge in [-0.3, -0.25) is 37.8 Å². The zero-order chi connectivity index (χ0) is 34.9. The van der Waals surface area contributed by atoms with Crippen molar-refractivity contribution in [1.29, 1.82) is 0 Å². The van der Waals surface area contributed by atoms with Gasteiger partial charge in [0.1, 0.15) is 18.0 Å². The van der Waals surface area contributed by atoms with Crippen LogP contribution < -0.4 is 26.8 Å². The van der Waals surface area contributed by atoms with E-state index in [1.54, 1.807) is 32.9 Å². The van der Waals surface area contributed by atoms with E-state index < -0.39 is 67.3 Å². The van der Waals surface area contributed by atoms with Crippen LogP contribution in [0, 0.1) is 12.3 Å². The minimum Gasteiger partial charge on any atom is -0.404 e. The molecule has 1 aromatic heterocycles. The van der Waals surface area contributed by atoms with Crippen LogP contribution in [0.25, 0.3) is 10.4 Å². The second kappa shape index (κ2) is 16.3. The van der Waals surface area contributed by atoms with Crippen LogP contribution in [-0.2, 0) is 39.2 Å². The first-order chi connectivity index (χ1) is 22.0. The number of rotatable bonds is 15. The molecule has 2 heterocycles. The number of hydrogen-bond donors (Lipinski definition) is 3. The first-order valence-corrected chi connectivity index (χ1v) is 16.9. The van der Waals surface area contributed by atoms with Gasteiger partial charge in [0.25, 0.3) is 5.56 Å². The molecule has 1 saturated heterocycles. The highest BCUT2D eigenvalue weighted by atomic mass is 32.2. The number of thioether (sulfide) groups is 1. The zero-order valence-electron chi connectivity index (χ0n) is 26.5. The Balaban J connectivity index is 1.78. The second-order valence-electron chi connectivity index (χ2n) is 11.7. The number of aromatic amines is 1. The van der Waals surface area contributed by atoms with Crippen LogP contribution in [0.5, 0.6) is 5.75 Å². The molecule has 1 aliphatic heterocycles. The van der Waals surface area contributed by atoms with Gasteiger partial charge in [0.05, 0.1) is 25.4 Å². The molecule has 17 nitrogen and oxygen atoms in total. The number of H-pyrrole nitrogens is 1. The second-order valence-corrected chi connectivity index (χ2v) is 14.3. The Morgan fingerprint density at radius 2 is 1.94 bits per heavy atom. The molecule has 0 aliphatic carbocycles. The molecule has 0 bridgehead atoms. The van der Waals surface area contributed by atoms with E-state index in [4.69, 9.17) is 29.6 Å². The van der Waals surface area contributed by atoms with Crippen molar-refractivity contribution >= 4 is 36.5 Å². The molecular formula is C28H38N7O10PS. The van der Waals surface area contributed by atoms with E-state index >= 15 is 0 Å². The number of phosphoric ester groups is 1. The van der Waals surface area contributed by atoms with E-state index in [2.05, 4.69) is 20.3 Å². The predicted octanol–water partition coefficient (Wildman–Crippen LogP) is 2.87. The number of phosphoric acid groups is 1. The zero-order valence-corrected chi connectivity index (χ0v) is 28.2. The highest BCUT2D eigenvalue weighted by Gasteiger charge is 2.39. The Labute approximate surface area is 274 Å². The van der Waals surface area contributed by atoms with Crippen molar-refractivity contribution in [3.05, 3.63) is 72.9 Å². The summed E-state index contributed by atoms with van der Waals surface area (Å²) in [5, 5.41) is 6.11. The SMILES string of the molecule is CC(=O)N[C@@H](Cc1ccc(OP(=O)(OCCSC(=O)C(C)(C)C)OC[C@H]2O[C@@H](n3cc(C)c(=O)[nH]c3=O)C[C@@H]2N=[N+]=[N-])cc1)C(N)=O. The average Bonchev–Trinajstić information content (AvgIpc) is 3.38. The molecule has 2 aromatic rings. The summed E-state index contributed by atoms with van der Waals surface area (Å²) in [5.74, 6) is -0.933. The Kier molecular flexibility index (Phi) is 13.0. The third-order valence-corrected chi connectivity index (χ3v) is 9.38. The van der Waals surface area contributed by atoms with Gasteiger partial charge in [-0.2, -0.15) is 0 Å². The molecule has 256 valence electrons. The third-order valence-electron chi connectivity index (χ3n) is 6.74. The lowest BCUT2D eigenvalue weighted by Crippen LogP contribution is -2.44. The van der Waals surface area contributed by atoms with Gasteiger partial charge in [-0.15, -0.1) is 0 Å². The lowest BCUT2D eigenvalue weighted by Gasteiger charge is -2.22. The van der Waals surface area contributed by atoms with Crippen LogP contribution in [0.1, 0.15) is 51.5 Å². The van der Waals surface area contributed by atoms with Crippen LogP contribution >= 0.6 is 19.6 Å². The Morgan fingerprint density at radius 1 is 1.26 bits per heavy atom. The van der Waals surface area contributed by atoms with Gasteiger partial charge in [0.15, 0.2) is 5.12 Å². The number of carbonyl (C=O) groups is 3. The van der Waals surface area contributed by atoms with Gasteiger partial charge in [-0.05, 0) is 30.2 Å². The maximum Gasteiger partial charge on any atom is 0.530 e. The average molecular weight is 696 g/mol. The standard InChI is InChI=1S/C28H38N7O10PS/c1-16-14-35(27(40)32-25(16)38)23-13-20(33-34-30)22(44-23)15-43-46(41,42-10-11-47-26(39)28(3,4)5)45-19-8-6-18(7-9-19)12-21(24(29)37)31-17(2)36/h6-9,14,20-23H,10-13,15H2,1-5H3,(H2,29,37)(H,31,36)(H,32,38,40)/t20-,21-,22+,23+,46?/m0/s1. The van der Waals surface area contributed by atoms with Gasteiger partial charge in [-0.25, -0.2) is 9.36 Å². The number of aromatic nitrogens is 2. The van der Waals surface area contributed by atoms with Crippen molar-refractivity contribution in [2.45, 2.75) is 71.9 Å². The number of azide groups is 1. The van der Waals surface area contributed by atoms with Crippen molar-refractivity contribution < 1.29 is 37.3 Å². The highest BCUT2D eigenvalue weighted by molar-refractivity contribution is 8.13.